The number of halogens is 1. The van der Waals surface area contributed by atoms with E-state index in [0.717, 1.165) is 0 Å². The summed E-state index contributed by atoms with van der Waals surface area (Å²) in [6.45, 7) is 2.48. The minimum atomic E-state index is -3.68. The molecule has 1 aliphatic heterocycles. The lowest BCUT2D eigenvalue weighted by Crippen LogP contribution is -2.37. The maximum atomic E-state index is 12.7. The lowest BCUT2D eigenvalue weighted by Gasteiger charge is -2.28. The molecule has 0 radical (unpaired) electrons. The first-order valence-corrected chi connectivity index (χ1v) is 9.72. The van der Waals surface area contributed by atoms with Crippen LogP contribution in [0.5, 0.6) is 0 Å². The van der Waals surface area contributed by atoms with Crippen molar-refractivity contribution in [1.82, 2.24) is 15.3 Å². The number of aromatic nitrogens is 2. The molecule has 0 aromatic carbocycles. The number of amides is 1. The van der Waals surface area contributed by atoms with E-state index < -0.39 is 26.2 Å². The highest BCUT2D eigenvalue weighted by atomic mass is 35.5. The van der Waals surface area contributed by atoms with Crippen LogP contribution in [-0.2, 0) is 24.1 Å². The van der Waals surface area contributed by atoms with Crippen molar-refractivity contribution in [2.75, 3.05) is 44.0 Å². The van der Waals surface area contributed by atoms with E-state index in [2.05, 4.69) is 15.3 Å². The van der Waals surface area contributed by atoms with Crippen molar-refractivity contribution >= 4 is 33.2 Å². The third-order valence-corrected chi connectivity index (χ3v) is 7.01. The molecule has 132 valence electrons. The largest absolute Gasteiger partial charge is 0.378 e. The second kappa shape index (κ2) is 6.45. The number of sulfone groups is 1. The van der Waals surface area contributed by atoms with Gasteiger partial charge in [-0.05, 0) is 24.4 Å². The third kappa shape index (κ3) is 3.20. The molecule has 24 heavy (non-hydrogen) atoms. The van der Waals surface area contributed by atoms with E-state index in [-0.39, 0.29) is 5.28 Å². The summed E-state index contributed by atoms with van der Waals surface area (Å²) in [5.74, 6) is -0.498. The van der Waals surface area contributed by atoms with Crippen LogP contribution in [0, 0.1) is 0 Å². The summed E-state index contributed by atoms with van der Waals surface area (Å²) >= 11 is 6.03. The van der Waals surface area contributed by atoms with Crippen LogP contribution in [0.4, 0.5) is 5.82 Å². The van der Waals surface area contributed by atoms with Gasteiger partial charge >= 0.3 is 0 Å². The Morgan fingerprint density at radius 1 is 1.38 bits per heavy atom. The Kier molecular flexibility index (Phi) is 4.67. The molecule has 10 heteroatoms. The summed E-state index contributed by atoms with van der Waals surface area (Å²) in [6, 6.07) is 1.67. The average Bonchev–Trinajstić information content (AvgIpc) is 3.37. The van der Waals surface area contributed by atoms with Gasteiger partial charge < -0.3 is 15.0 Å². The first-order chi connectivity index (χ1) is 11.4. The smallest absolute Gasteiger partial charge is 0.234 e. The Hall–Kier alpha value is -1.45. The van der Waals surface area contributed by atoms with Gasteiger partial charge in [0.25, 0.3) is 0 Å². The van der Waals surface area contributed by atoms with Crippen LogP contribution < -0.4 is 10.2 Å². The average molecular weight is 375 g/mol. The number of carbonyl (C=O) groups excluding carboxylic acids is 1. The topological polar surface area (TPSA) is 101 Å². The molecule has 2 aliphatic rings. The van der Waals surface area contributed by atoms with Crippen LogP contribution in [0.15, 0.2) is 6.07 Å². The Balaban J connectivity index is 1.94. The van der Waals surface area contributed by atoms with Gasteiger partial charge in [0.2, 0.25) is 11.2 Å². The molecule has 3 rings (SSSR count). The number of anilines is 1. The van der Waals surface area contributed by atoms with Crippen molar-refractivity contribution in [1.29, 1.82) is 0 Å². The van der Waals surface area contributed by atoms with E-state index in [1.807, 2.05) is 4.90 Å². The zero-order valence-electron chi connectivity index (χ0n) is 13.3. The summed E-state index contributed by atoms with van der Waals surface area (Å²) in [7, 11) is -2.27. The fraction of sp³-hybridized carbons (Fsp3) is 0.643. The molecule has 2 fully saturated rings. The van der Waals surface area contributed by atoms with Crippen molar-refractivity contribution in [3.05, 3.63) is 17.0 Å². The van der Waals surface area contributed by atoms with E-state index in [1.54, 1.807) is 6.07 Å². The summed E-state index contributed by atoms with van der Waals surface area (Å²) < 4.78 is 29.6. The molecule has 1 aromatic rings. The molecule has 1 aliphatic carbocycles. The first-order valence-electron chi connectivity index (χ1n) is 7.69. The molecular formula is C14H19ClN4O4S. The van der Waals surface area contributed by atoms with Crippen LogP contribution in [-0.4, -0.2) is 63.4 Å². The maximum absolute atomic E-state index is 12.7. The van der Waals surface area contributed by atoms with Crippen molar-refractivity contribution in [3.63, 3.8) is 0 Å². The standard InChI is InChI=1S/C14H19ClN4O4S/c1-16-12(20)9-24(21,22)14(2-3-14)10-8-11(18-13(15)17-10)19-4-6-23-7-5-19/h8H,2-7,9H2,1H3,(H,16,20). The Morgan fingerprint density at radius 3 is 2.62 bits per heavy atom. The molecule has 0 unspecified atom stereocenters. The van der Waals surface area contributed by atoms with Crippen molar-refractivity contribution in [2.24, 2.45) is 0 Å². The van der Waals surface area contributed by atoms with E-state index in [0.29, 0.717) is 50.7 Å². The number of hydrogen-bond donors (Lipinski definition) is 1. The van der Waals surface area contributed by atoms with Crippen molar-refractivity contribution in [3.8, 4) is 0 Å². The van der Waals surface area contributed by atoms with E-state index in [9.17, 15) is 13.2 Å². The molecule has 2 heterocycles. The number of morpholine rings is 1. The molecule has 0 bridgehead atoms. The quantitative estimate of drug-likeness (QED) is 0.730. The third-order valence-electron chi connectivity index (χ3n) is 4.39. The molecular weight excluding hydrogens is 356 g/mol. The highest BCUT2D eigenvalue weighted by Crippen LogP contribution is 2.53. The zero-order valence-corrected chi connectivity index (χ0v) is 14.9. The van der Waals surface area contributed by atoms with Gasteiger partial charge in [-0.15, -0.1) is 0 Å². The monoisotopic (exact) mass is 374 g/mol. The SMILES string of the molecule is CNC(=O)CS(=O)(=O)C1(c2cc(N3CCOCC3)nc(Cl)n2)CC1. The van der Waals surface area contributed by atoms with Gasteiger partial charge in [-0.2, -0.15) is 0 Å². The highest BCUT2D eigenvalue weighted by Gasteiger charge is 2.57. The molecule has 1 amide bonds. The predicted molar refractivity (Wildman–Crippen MR) is 88.8 cm³/mol. The van der Waals surface area contributed by atoms with Gasteiger partial charge in [0, 0.05) is 26.2 Å². The maximum Gasteiger partial charge on any atom is 0.234 e. The minimum Gasteiger partial charge on any atom is -0.378 e. The summed E-state index contributed by atoms with van der Waals surface area (Å²) in [6.07, 6.45) is 0.866. The second-order valence-electron chi connectivity index (χ2n) is 5.91. The van der Waals surface area contributed by atoms with Crippen molar-refractivity contribution in [2.45, 2.75) is 17.6 Å². The number of hydrogen-bond acceptors (Lipinski definition) is 7. The Bertz CT molecular complexity index is 745. The second-order valence-corrected chi connectivity index (χ2v) is 8.54. The van der Waals surface area contributed by atoms with E-state index >= 15 is 0 Å². The molecule has 1 saturated heterocycles. The molecule has 0 atom stereocenters. The first kappa shape index (κ1) is 17.4. The van der Waals surface area contributed by atoms with Gasteiger partial charge in [-0.1, -0.05) is 0 Å². The molecule has 1 aromatic heterocycles. The van der Waals surface area contributed by atoms with Gasteiger partial charge in [0.05, 0.1) is 18.9 Å². The number of carbonyl (C=O) groups is 1. The van der Waals surface area contributed by atoms with Crippen molar-refractivity contribution < 1.29 is 17.9 Å². The van der Waals surface area contributed by atoms with E-state index in [4.69, 9.17) is 16.3 Å². The highest BCUT2D eigenvalue weighted by molar-refractivity contribution is 7.93. The van der Waals surface area contributed by atoms with Gasteiger partial charge in [0.15, 0.2) is 9.84 Å². The summed E-state index contributed by atoms with van der Waals surface area (Å²) in [5, 5.41) is 2.36. The number of nitrogens with one attached hydrogen (secondary N) is 1. The van der Waals surface area contributed by atoms with Crippen LogP contribution in [0.1, 0.15) is 18.5 Å². The van der Waals surface area contributed by atoms with Gasteiger partial charge in [-0.25, -0.2) is 18.4 Å². The van der Waals surface area contributed by atoms with Gasteiger partial charge in [-0.3, -0.25) is 4.79 Å². The lowest BCUT2D eigenvalue weighted by molar-refractivity contribution is -0.118. The van der Waals surface area contributed by atoms with E-state index in [1.165, 1.54) is 7.05 Å². The summed E-state index contributed by atoms with van der Waals surface area (Å²) in [4.78, 5) is 21.9. The molecule has 1 saturated carbocycles. The summed E-state index contributed by atoms with van der Waals surface area (Å²) in [5.41, 5.74) is 0.368. The minimum absolute atomic E-state index is 0.00964. The molecule has 8 nitrogen and oxygen atoms in total. The Labute approximate surface area is 145 Å². The van der Waals surface area contributed by atoms with Crippen LogP contribution in [0.25, 0.3) is 0 Å². The number of rotatable bonds is 5. The van der Waals surface area contributed by atoms with Crippen LogP contribution in [0.3, 0.4) is 0 Å². The molecule has 0 spiro atoms. The normalized spacial score (nSPS) is 19.8. The zero-order chi connectivity index (χ0) is 17.4. The van der Waals surface area contributed by atoms with Gasteiger partial charge in [0.1, 0.15) is 16.3 Å². The van der Waals surface area contributed by atoms with Crippen LogP contribution >= 0.6 is 11.6 Å². The number of ether oxygens (including phenoxy) is 1. The predicted octanol–water partition coefficient (Wildman–Crippen LogP) is 0.117. The molecule has 1 N–H and O–H groups in total. The lowest BCUT2D eigenvalue weighted by atomic mass is 10.2. The fourth-order valence-corrected chi connectivity index (χ4v) is 4.91. The van der Waals surface area contributed by atoms with Crippen LogP contribution in [0.2, 0.25) is 5.28 Å². The fourth-order valence-electron chi connectivity index (χ4n) is 2.82. The Morgan fingerprint density at radius 2 is 2.04 bits per heavy atom. The number of nitrogens with zero attached hydrogens (tertiary/aromatic N) is 3.